The molecule has 1 heterocycles. The molecule has 1 aromatic rings. The molecule has 1 aliphatic heterocycles. The maximum atomic E-state index is 8.12. The first-order valence-electron chi connectivity index (χ1n) is 4.06. The highest BCUT2D eigenvalue weighted by molar-refractivity contribution is 5.33. The van der Waals surface area contributed by atoms with Gasteiger partial charge in [-0.05, 0) is 18.1 Å². The van der Waals surface area contributed by atoms with E-state index in [1.165, 1.54) is 16.7 Å². The second-order valence-electron chi connectivity index (χ2n) is 2.96. The fourth-order valence-electron chi connectivity index (χ4n) is 1.42. The predicted octanol–water partition coefficient (Wildman–Crippen LogP) is 1.01. The minimum absolute atomic E-state index is 0.250. The van der Waals surface area contributed by atoms with E-state index in [4.69, 9.17) is 9.59 Å². The van der Waals surface area contributed by atoms with Gasteiger partial charge in [-0.25, -0.2) is 0 Å². The van der Waals surface area contributed by atoms with Gasteiger partial charge >= 0.3 is 6.15 Å². The number of fused-ring (bicyclic) bond motifs is 1. The first-order valence-corrected chi connectivity index (χ1v) is 4.06. The molecule has 0 radical (unpaired) electrons. The van der Waals surface area contributed by atoms with E-state index in [1.54, 1.807) is 0 Å². The van der Waals surface area contributed by atoms with Gasteiger partial charge < -0.3 is 5.32 Å². The van der Waals surface area contributed by atoms with Crippen LogP contribution in [-0.4, -0.2) is 6.15 Å². The summed E-state index contributed by atoms with van der Waals surface area (Å²) in [7, 11) is 0. The third-order valence-electron chi connectivity index (χ3n) is 1.99. The molecule has 0 saturated carbocycles. The van der Waals surface area contributed by atoms with Crippen molar-refractivity contribution in [1.82, 2.24) is 5.32 Å². The van der Waals surface area contributed by atoms with Crippen LogP contribution in [0.5, 0.6) is 0 Å². The summed E-state index contributed by atoms with van der Waals surface area (Å²) in [6.07, 6.45) is 0.250. The number of hydrogen-bond acceptors (Lipinski definition) is 3. The Labute approximate surface area is 76.8 Å². The van der Waals surface area contributed by atoms with Crippen molar-refractivity contribution in [2.75, 3.05) is 0 Å². The summed E-state index contributed by atoms with van der Waals surface area (Å²) < 4.78 is 0. The molecule has 0 bridgehead atoms. The van der Waals surface area contributed by atoms with Crippen molar-refractivity contribution in [2.45, 2.75) is 20.0 Å². The zero-order valence-electron chi connectivity index (χ0n) is 7.46. The van der Waals surface area contributed by atoms with E-state index < -0.39 is 0 Å². The Hall–Kier alpha value is -1.44. The fraction of sp³-hybridized carbons (Fsp3) is 0.300. The third-order valence-corrected chi connectivity index (χ3v) is 1.99. The quantitative estimate of drug-likeness (QED) is 0.643. The molecule has 0 aliphatic carbocycles. The lowest BCUT2D eigenvalue weighted by Gasteiger charge is -1.97. The van der Waals surface area contributed by atoms with Crippen LogP contribution < -0.4 is 5.32 Å². The van der Waals surface area contributed by atoms with Crippen LogP contribution in [0.25, 0.3) is 0 Å². The van der Waals surface area contributed by atoms with Crippen LogP contribution >= 0.6 is 0 Å². The van der Waals surface area contributed by atoms with E-state index in [0.717, 1.165) is 13.1 Å². The first-order chi connectivity index (χ1) is 6.27. The summed E-state index contributed by atoms with van der Waals surface area (Å²) in [5.74, 6) is 0. The minimum atomic E-state index is 0.250. The summed E-state index contributed by atoms with van der Waals surface area (Å²) in [5, 5.41) is 3.31. The van der Waals surface area contributed by atoms with E-state index in [2.05, 4.69) is 30.4 Å². The largest absolute Gasteiger partial charge is 0.373 e. The molecule has 0 fully saturated rings. The highest BCUT2D eigenvalue weighted by atomic mass is 16.2. The Kier molecular flexibility index (Phi) is 3.38. The van der Waals surface area contributed by atoms with Crippen LogP contribution in [0.1, 0.15) is 16.7 Å². The summed E-state index contributed by atoms with van der Waals surface area (Å²) >= 11 is 0. The van der Waals surface area contributed by atoms with E-state index in [-0.39, 0.29) is 6.15 Å². The van der Waals surface area contributed by atoms with Crippen LogP contribution in [0.2, 0.25) is 0 Å². The van der Waals surface area contributed by atoms with Gasteiger partial charge in [0.2, 0.25) is 0 Å². The Morgan fingerprint density at radius 3 is 2.54 bits per heavy atom. The lowest BCUT2D eigenvalue weighted by molar-refractivity contribution is -0.191. The number of nitrogens with one attached hydrogen (secondary N) is 1. The number of rotatable bonds is 0. The Bertz CT molecular complexity index is 328. The van der Waals surface area contributed by atoms with Gasteiger partial charge in [0.25, 0.3) is 0 Å². The van der Waals surface area contributed by atoms with E-state index in [1.807, 2.05) is 0 Å². The van der Waals surface area contributed by atoms with Gasteiger partial charge in [0, 0.05) is 13.1 Å². The van der Waals surface area contributed by atoms with Crippen LogP contribution in [-0.2, 0) is 22.7 Å². The number of aryl methyl sites for hydroxylation is 1. The van der Waals surface area contributed by atoms with Crippen molar-refractivity contribution in [2.24, 2.45) is 0 Å². The van der Waals surface area contributed by atoms with Gasteiger partial charge in [-0.2, -0.15) is 9.59 Å². The smallest absolute Gasteiger partial charge is 0.309 e. The van der Waals surface area contributed by atoms with Gasteiger partial charge in [0.15, 0.2) is 0 Å². The molecule has 3 heteroatoms. The molecule has 1 N–H and O–H groups in total. The van der Waals surface area contributed by atoms with Crippen molar-refractivity contribution >= 4 is 6.15 Å². The number of benzene rings is 1. The van der Waals surface area contributed by atoms with Crippen LogP contribution in [0.3, 0.4) is 0 Å². The molecule has 1 aromatic carbocycles. The molecular weight excluding hydrogens is 166 g/mol. The topological polar surface area (TPSA) is 46.2 Å². The van der Waals surface area contributed by atoms with Gasteiger partial charge in [-0.1, -0.05) is 23.8 Å². The molecular formula is C10H11NO2. The lowest BCUT2D eigenvalue weighted by atomic mass is 10.1. The first kappa shape index (κ1) is 9.65. The third kappa shape index (κ3) is 2.51. The molecule has 13 heavy (non-hydrogen) atoms. The van der Waals surface area contributed by atoms with Gasteiger partial charge in [-0.15, -0.1) is 0 Å². The van der Waals surface area contributed by atoms with Crippen molar-refractivity contribution in [3.63, 3.8) is 0 Å². The second kappa shape index (κ2) is 4.55. The molecule has 1 aliphatic rings. The summed E-state index contributed by atoms with van der Waals surface area (Å²) in [6.45, 7) is 4.24. The zero-order valence-corrected chi connectivity index (χ0v) is 7.46. The SMILES string of the molecule is Cc1ccc2c(c1)CNC2.O=C=O. The molecule has 0 atom stereocenters. The molecule has 0 aromatic heterocycles. The Morgan fingerprint density at radius 1 is 1.23 bits per heavy atom. The molecule has 0 amide bonds. The van der Waals surface area contributed by atoms with E-state index >= 15 is 0 Å². The molecule has 0 spiro atoms. The zero-order chi connectivity index (χ0) is 9.68. The Balaban J connectivity index is 0.000000251. The molecule has 0 saturated heterocycles. The summed E-state index contributed by atoms with van der Waals surface area (Å²) in [5.41, 5.74) is 4.30. The average Bonchev–Trinajstić information content (AvgIpc) is 2.52. The van der Waals surface area contributed by atoms with Crippen molar-refractivity contribution < 1.29 is 9.59 Å². The number of hydrogen-bond donors (Lipinski definition) is 1. The standard InChI is InChI=1S/C9H11N.CO2/c1-7-2-3-8-5-10-6-9(8)4-7;2-1-3/h2-4,10H,5-6H2,1H3;. The van der Waals surface area contributed by atoms with Crippen molar-refractivity contribution in [3.8, 4) is 0 Å². The van der Waals surface area contributed by atoms with Gasteiger partial charge in [0.05, 0.1) is 0 Å². The monoisotopic (exact) mass is 177 g/mol. The van der Waals surface area contributed by atoms with E-state index in [0.29, 0.717) is 0 Å². The van der Waals surface area contributed by atoms with Gasteiger partial charge in [-0.3, -0.25) is 0 Å². The maximum Gasteiger partial charge on any atom is 0.373 e. The molecule has 68 valence electrons. The maximum absolute atomic E-state index is 8.12. The van der Waals surface area contributed by atoms with Crippen molar-refractivity contribution in [1.29, 1.82) is 0 Å². The highest BCUT2D eigenvalue weighted by Crippen LogP contribution is 2.15. The van der Waals surface area contributed by atoms with Crippen LogP contribution in [0, 0.1) is 6.92 Å². The summed E-state index contributed by atoms with van der Waals surface area (Å²) in [4.78, 5) is 16.2. The predicted molar refractivity (Wildman–Crippen MR) is 46.7 cm³/mol. The molecule has 2 rings (SSSR count). The average molecular weight is 177 g/mol. The lowest BCUT2D eigenvalue weighted by Crippen LogP contribution is -1.99. The minimum Gasteiger partial charge on any atom is -0.309 e. The summed E-state index contributed by atoms with van der Waals surface area (Å²) in [6, 6.07) is 6.64. The normalized spacial score (nSPS) is 12.4. The highest BCUT2D eigenvalue weighted by Gasteiger charge is 2.07. The Morgan fingerprint density at radius 2 is 1.85 bits per heavy atom. The molecule has 3 nitrogen and oxygen atoms in total. The van der Waals surface area contributed by atoms with E-state index in [9.17, 15) is 0 Å². The van der Waals surface area contributed by atoms with Gasteiger partial charge in [0.1, 0.15) is 0 Å². The number of carbonyl (C=O) groups excluding carboxylic acids is 2. The van der Waals surface area contributed by atoms with Crippen LogP contribution in [0.4, 0.5) is 0 Å². The van der Waals surface area contributed by atoms with Crippen molar-refractivity contribution in [3.05, 3.63) is 34.9 Å². The fourth-order valence-corrected chi connectivity index (χ4v) is 1.42. The molecule has 0 unspecified atom stereocenters. The second-order valence-corrected chi connectivity index (χ2v) is 2.96. The van der Waals surface area contributed by atoms with Crippen LogP contribution in [0.15, 0.2) is 18.2 Å².